The van der Waals surface area contributed by atoms with Crippen molar-refractivity contribution >= 4 is 23.2 Å². The molecular weight excluding hydrogens is 388 g/mol. The number of hydrogen-bond donors (Lipinski definition) is 3. The Morgan fingerprint density at radius 3 is 2.37 bits per heavy atom. The predicted molar refractivity (Wildman–Crippen MR) is 111 cm³/mol. The number of carbonyl (C=O) groups is 2. The number of halogens is 2. The average Bonchev–Trinajstić information content (AvgIpc) is 2.73. The van der Waals surface area contributed by atoms with Crippen LogP contribution in [0.15, 0.2) is 72.8 Å². The highest BCUT2D eigenvalue weighted by Gasteiger charge is 2.18. The fourth-order valence-electron chi connectivity index (χ4n) is 2.99. The summed E-state index contributed by atoms with van der Waals surface area (Å²) >= 11 is 0. The van der Waals surface area contributed by atoms with Crippen LogP contribution >= 0.6 is 0 Å². The zero-order valence-corrected chi connectivity index (χ0v) is 16.4. The monoisotopic (exact) mass is 410 g/mol. The van der Waals surface area contributed by atoms with E-state index in [1.54, 1.807) is 48.6 Å². The highest BCUT2D eigenvalue weighted by Crippen LogP contribution is 2.18. The number of carbonyl (C=O) groups excluding carboxylic acids is 2. The zero-order chi connectivity index (χ0) is 21.5. The maximum Gasteiger partial charge on any atom is 0.279 e. The van der Waals surface area contributed by atoms with E-state index >= 15 is 0 Å². The minimum Gasteiger partial charge on any atom is -0.332 e. The van der Waals surface area contributed by atoms with Crippen molar-refractivity contribution in [3.63, 3.8) is 0 Å². The number of rotatable bonds is 7. The lowest BCUT2D eigenvalue weighted by Gasteiger charge is -2.14. The van der Waals surface area contributed by atoms with E-state index in [4.69, 9.17) is 0 Å². The molecule has 0 spiro atoms. The van der Waals surface area contributed by atoms with E-state index in [0.717, 1.165) is 6.07 Å². The Balaban J connectivity index is 1.62. The van der Waals surface area contributed by atoms with Crippen LogP contribution in [0.5, 0.6) is 0 Å². The number of para-hydroxylation sites is 2. The molecular formula is C23H22F2N3O2+. The Morgan fingerprint density at radius 2 is 1.63 bits per heavy atom. The Labute approximate surface area is 173 Å². The number of hydrogen-bond acceptors (Lipinski definition) is 2. The highest BCUT2D eigenvalue weighted by molar-refractivity contribution is 6.10. The maximum absolute atomic E-state index is 13.9. The van der Waals surface area contributed by atoms with Crippen LogP contribution in [0.25, 0.3) is 0 Å². The molecule has 30 heavy (non-hydrogen) atoms. The van der Waals surface area contributed by atoms with Gasteiger partial charge in [0.2, 0.25) is 0 Å². The zero-order valence-electron chi connectivity index (χ0n) is 16.4. The molecule has 7 heteroatoms. The van der Waals surface area contributed by atoms with E-state index in [1.165, 1.54) is 12.1 Å². The van der Waals surface area contributed by atoms with Gasteiger partial charge in [0.15, 0.2) is 6.54 Å². The quantitative estimate of drug-likeness (QED) is 0.558. The third kappa shape index (κ3) is 5.48. The smallest absolute Gasteiger partial charge is 0.279 e. The number of benzene rings is 3. The second-order valence-electron chi connectivity index (χ2n) is 6.81. The van der Waals surface area contributed by atoms with Crippen LogP contribution in [-0.4, -0.2) is 18.4 Å². The summed E-state index contributed by atoms with van der Waals surface area (Å²) in [6, 6.07) is 18.7. The topological polar surface area (TPSA) is 74.8 Å². The molecule has 3 aromatic rings. The molecule has 2 amide bonds. The fourth-order valence-corrected chi connectivity index (χ4v) is 2.99. The minimum atomic E-state index is -0.651. The van der Waals surface area contributed by atoms with Crippen LogP contribution in [0.4, 0.5) is 20.2 Å². The van der Waals surface area contributed by atoms with Crippen LogP contribution in [0.3, 0.4) is 0 Å². The van der Waals surface area contributed by atoms with Crippen molar-refractivity contribution in [3.05, 3.63) is 95.6 Å². The van der Waals surface area contributed by atoms with E-state index in [9.17, 15) is 18.4 Å². The SMILES string of the molecule is C[C@@H]([NH2+]CC(=O)Nc1ccccc1C(=O)Nc1ccccc1)c1ccc(F)cc1F. The van der Waals surface area contributed by atoms with Gasteiger partial charge in [-0.05, 0) is 43.3 Å². The van der Waals surface area contributed by atoms with Crippen molar-refractivity contribution in [2.75, 3.05) is 17.2 Å². The lowest BCUT2D eigenvalue weighted by Crippen LogP contribution is -2.86. The van der Waals surface area contributed by atoms with Gasteiger partial charge >= 0.3 is 0 Å². The van der Waals surface area contributed by atoms with Gasteiger partial charge in [-0.2, -0.15) is 0 Å². The normalized spacial score (nSPS) is 11.6. The second-order valence-corrected chi connectivity index (χ2v) is 6.81. The molecule has 3 rings (SSSR count). The number of nitrogens with one attached hydrogen (secondary N) is 2. The van der Waals surface area contributed by atoms with Crippen LogP contribution in [0, 0.1) is 11.6 Å². The lowest BCUT2D eigenvalue weighted by atomic mass is 10.1. The van der Waals surface area contributed by atoms with Gasteiger partial charge < -0.3 is 16.0 Å². The summed E-state index contributed by atoms with van der Waals surface area (Å²) < 4.78 is 26.9. The van der Waals surface area contributed by atoms with Crippen molar-refractivity contribution in [3.8, 4) is 0 Å². The molecule has 0 radical (unpaired) electrons. The second kappa shape index (κ2) is 9.76. The fraction of sp³-hybridized carbons (Fsp3) is 0.130. The summed E-state index contributed by atoms with van der Waals surface area (Å²) in [6.45, 7) is 1.73. The first-order valence-corrected chi connectivity index (χ1v) is 9.47. The Hall–Kier alpha value is -3.58. The molecule has 3 aromatic carbocycles. The summed E-state index contributed by atoms with van der Waals surface area (Å²) in [4.78, 5) is 25.0. The number of quaternary nitrogens is 1. The van der Waals surface area contributed by atoms with E-state index in [2.05, 4.69) is 10.6 Å². The number of nitrogens with two attached hydrogens (primary N) is 1. The number of anilines is 2. The molecule has 0 aliphatic heterocycles. The highest BCUT2D eigenvalue weighted by atomic mass is 19.1. The first-order valence-electron chi connectivity index (χ1n) is 9.47. The molecule has 0 saturated carbocycles. The summed E-state index contributed by atoms with van der Waals surface area (Å²) in [5.74, 6) is -1.99. The maximum atomic E-state index is 13.9. The Bertz CT molecular complexity index is 1040. The molecule has 0 saturated heterocycles. The predicted octanol–water partition coefficient (Wildman–Crippen LogP) is 3.48. The molecule has 0 aliphatic rings. The van der Waals surface area contributed by atoms with Gasteiger partial charge in [-0.25, -0.2) is 8.78 Å². The van der Waals surface area contributed by atoms with Crippen LogP contribution in [0.1, 0.15) is 28.9 Å². The standard InChI is InChI=1S/C23H21F2N3O2/c1-15(18-12-11-16(24)13-20(18)25)26-14-22(29)28-21-10-6-5-9-19(21)23(30)27-17-7-3-2-4-8-17/h2-13,15,26H,14H2,1H3,(H,27,30)(H,28,29)/p+1/t15-/m1/s1. The molecule has 0 aliphatic carbocycles. The Morgan fingerprint density at radius 1 is 0.933 bits per heavy atom. The molecule has 0 unspecified atom stereocenters. The first-order chi connectivity index (χ1) is 14.4. The third-order valence-corrected chi connectivity index (χ3v) is 4.59. The molecule has 1 atom stereocenters. The van der Waals surface area contributed by atoms with Gasteiger partial charge in [0.05, 0.1) is 11.3 Å². The largest absolute Gasteiger partial charge is 0.332 e. The van der Waals surface area contributed by atoms with Gasteiger partial charge in [-0.1, -0.05) is 30.3 Å². The first kappa shape index (κ1) is 21.1. The van der Waals surface area contributed by atoms with E-state index in [0.29, 0.717) is 22.5 Å². The summed E-state index contributed by atoms with van der Waals surface area (Å²) in [5, 5.41) is 7.14. The molecule has 4 N–H and O–H groups in total. The van der Waals surface area contributed by atoms with Crippen LogP contribution in [0.2, 0.25) is 0 Å². The molecule has 0 aromatic heterocycles. The van der Waals surface area contributed by atoms with Crippen molar-refractivity contribution in [2.24, 2.45) is 0 Å². The van der Waals surface area contributed by atoms with Gasteiger partial charge in [-0.15, -0.1) is 0 Å². The van der Waals surface area contributed by atoms with E-state index < -0.39 is 11.6 Å². The van der Waals surface area contributed by atoms with Gasteiger partial charge in [-0.3, -0.25) is 9.59 Å². The average molecular weight is 410 g/mol. The van der Waals surface area contributed by atoms with Gasteiger partial charge in [0.25, 0.3) is 11.8 Å². The Kier molecular flexibility index (Phi) is 6.87. The summed E-state index contributed by atoms with van der Waals surface area (Å²) in [7, 11) is 0. The van der Waals surface area contributed by atoms with Crippen molar-refractivity contribution in [2.45, 2.75) is 13.0 Å². The van der Waals surface area contributed by atoms with Gasteiger partial charge in [0.1, 0.15) is 17.7 Å². The van der Waals surface area contributed by atoms with Crippen LogP contribution in [-0.2, 0) is 4.79 Å². The van der Waals surface area contributed by atoms with E-state index in [-0.39, 0.29) is 24.4 Å². The summed E-state index contributed by atoms with van der Waals surface area (Å²) in [5.41, 5.74) is 1.66. The minimum absolute atomic E-state index is 0.00657. The molecule has 5 nitrogen and oxygen atoms in total. The molecule has 154 valence electrons. The molecule has 0 heterocycles. The van der Waals surface area contributed by atoms with Crippen molar-refractivity contribution in [1.29, 1.82) is 0 Å². The third-order valence-electron chi connectivity index (χ3n) is 4.59. The lowest BCUT2D eigenvalue weighted by molar-refractivity contribution is -0.682. The molecule has 0 bridgehead atoms. The number of amides is 2. The van der Waals surface area contributed by atoms with Crippen molar-refractivity contribution in [1.82, 2.24) is 0 Å². The van der Waals surface area contributed by atoms with Crippen LogP contribution < -0.4 is 16.0 Å². The summed E-state index contributed by atoms with van der Waals surface area (Å²) in [6.07, 6.45) is 0. The van der Waals surface area contributed by atoms with Gasteiger partial charge in [0, 0.05) is 17.3 Å². The van der Waals surface area contributed by atoms with Crippen molar-refractivity contribution < 1.29 is 23.7 Å². The van der Waals surface area contributed by atoms with E-state index in [1.807, 2.05) is 18.2 Å². The molecule has 0 fully saturated rings.